The van der Waals surface area contributed by atoms with Gasteiger partial charge in [-0.2, -0.15) is 0 Å². The van der Waals surface area contributed by atoms with Gasteiger partial charge in [0.05, 0.1) is 0 Å². The van der Waals surface area contributed by atoms with Crippen LogP contribution < -0.4 is 10.5 Å². The van der Waals surface area contributed by atoms with Crippen LogP contribution in [0.25, 0.3) is 10.8 Å². The molecule has 21 heavy (non-hydrogen) atoms. The predicted octanol–water partition coefficient (Wildman–Crippen LogP) is 4.06. The third-order valence-electron chi connectivity index (χ3n) is 3.45. The monoisotopic (exact) mass is 281 g/mol. The van der Waals surface area contributed by atoms with Crippen molar-refractivity contribution in [2.45, 2.75) is 6.10 Å². The summed E-state index contributed by atoms with van der Waals surface area (Å²) in [5.41, 5.74) is 6.54. The van der Waals surface area contributed by atoms with Gasteiger partial charge >= 0.3 is 0 Å². The maximum absolute atomic E-state index is 13.4. The molecule has 3 heteroatoms. The van der Waals surface area contributed by atoms with E-state index in [4.69, 9.17) is 10.5 Å². The fourth-order valence-corrected chi connectivity index (χ4v) is 2.41. The van der Waals surface area contributed by atoms with Gasteiger partial charge in [-0.05, 0) is 29.1 Å². The standard InChI is InChI=1S/C18H16FNO/c19-15-8-3-7-14(11-15)18(12-20)21-17-10-4-6-13-5-1-2-9-16(13)17/h1-11,18H,12,20H2. The first-order chi connectivity index (χ1) is 10.3. The average Bonchev–Trinajstić information content (AvgIpc) is 2.52. The van der Waals surface area contributed by atoms with E-state index in [1.807, 2.05) is 48.5 Å². The fraction of sp³-hybridized carbons (Fsp3) is 0.111. The zero-order chi connectivity index (χ0) is 14.7. The molecule has 0 aliphatic heterocycles. The molecular weight excluding hydrogens is 265 g/mol. The van der Waals surface area contributed by atoms with Crippen LogP contribution in [0, 0.1) is 5.82 Å². The van der Waals surface area contributed by atoms with Gasteiger partial charge in [-0.25, -0.2) is 4.39 Å². The highest BCUT2D eigenvalue weighted by Crippen LogP contribution is 2.29. The second kappa shape index (κ2) is 5.94. The number of fused-ring (bicyclic) bond motifs is 1. The maximum atomic E-state index is 13.4. The summed E-state index contributed by atoms with van der Waals surface area (Å²) in [5.74, 6) is 0.472. The third-order valence-corrected chi connectivity index (χ3v) is 3.45. The second-order valence-corrected chi connectivity index (χ2v) is 4.87. The molecule has 0 aromatic heterocycles. The lowest BCUT2D eigenvalue weighted by Crippen LogP contribution is -2.18. The minimum absolute atomic E-state index is 0.284. The Balaban J connectivity index is 1.96. The Morgan fingerprint density at radius 2 is 1.71 bits per heavy atom. The van der Waals surface area contributed by atoms with Crippen molar-refractivity contribution in [2.24, 2.45) is 5.73 Å². The highest BCUT2D eigenvalue weighted by molar-refractivity contribution is 5.88. The number of hydrogen-bond donors (Lipinski definition) is 1. The molecule has 3 aromatic rings. The van der Waals surface area contributed by atoms with Crippen molar-refractivity contribution in [3.8, 4) is 5.75 Å². The number of hydrogen-bond acceptors (Lipinski definition) is 2. The summed E-state index contributed by atoms with van der Waals surface area (Å²) in [6.45, 7) is 0.284. The molecule has 3 aromatic carbocycles. The van der Waals surface area contributed by atoms with E-state index in [0.717, 1.165) is 22.1 Å². The lowest BCUT2D eigenvalue weighted by atomic mass is 10.1. The summed E-state index contributed by atoms with van der Waals surface area (Å²) in [7, 11) is 0. The van der Waals surface area contributed by atoms with Crippen molar-refractivity contribution in [3.63, 3.8) is 0 Å². The zero-order valence-electron chi connectivity index (χ0n) is 11.5. The molecule has 0 aliphatic rings. The number of benzene rings is 3. The smallest absolute Gasteiger partial charge is 0.136 e. The van der Waals surface area contributed by atoms with E-state index in [1.165, 1.54) is 12.1 Å². The SMILES string of the molecule is NCC(Oc1cccc2ccccc12)c1cccc(F)c1. The number of rotatable bonds is 4. The number of ether oxygens (including phenoxy) is 1. The molecule has 0 radical (unpaired) electrons. The highest BCUT2D eigenvalue weighted by atomic mass is 19.1. The number of nitrogens with two attached hydrogens (primary N) is 1. The van der Waals surface area contributed by atoms with Crippen LogP contribution in [0.1, 0.15) is 11.7 Å². The molecule has 0 amide bonds. The Bertz CT molecular complexity index is 752. The Kier molecular flexibility index (Phi) is 3.84. The molecule has 1 atom stereocenters. The Labute approximate surface area is 123 Å². The van der Waals surface area contributed by atoms with Crippen molar-refractivity contribution in [1.82, 2.24) is 0 Å². The minimum atomic E-state index is -0.369. The van der Waals surface area contributed by atoms with E-state index in [-0.39, 0.29) is 18.5 Å². The van der Waals surface area contributed by atoms with Crippen LogP contribution in [0.5, 0.6) is 5.75 Å². The van der Waals surface area contributed by atoms with Crippen LogP contribution in [0.15, 0.2) is 66.7 Å². The summed E-state index contributed by atoms with van der Waals surface area (Å²) in [5, 5.41) is 2.12. The van der Waals surface area contributed by atoms with Gasteiger partial charge < -0.3 is 10.5 Å². The minimum Gasteiger partial charge on any atom is -0.484 e. The lowest BCUT2D eigenvalue weighted by Gasteiger charge is -2.19. The van der Waals surface area contributed by atoms with Crippen molar-refractivity contribution in [2.75, 3.05) is 6.54 Å². The zero-order valence-corrected chi connectivity index (χ0v) is 11.5. The largest absolute Gasteiger partial charge is 0.484 e. The van der Waals surface area contributed by atoms with Crippen LogP contribution in [0.2, 0.25) is 0 Å². The van der Waals surface area contributed by atoms with E-state index in [0.29, 0.717) is 0 Å². The topological polar surface area (TPSA) is 35.2 Å². The molecule has 0 bridgehead atoms. The van der Waals surface area contributed by atoms with Crippen molar-refractivity contribution in [1.29, 1.82) is 0 Å². The van der Waals surface area contributed by atoms with Crippen LogP contribution in [-0.4, -0.2) is 6.54 Å². The Morgan fingerprint density at radius 3 is 2.52 bits per heavy atom. The molecule has 0 spiro atoms. The molecule has 0 saturated heterocycles. The second-order valence-electron chi connectivity index (χ2n) is 4.87. The van der Waals surface area contributed by atoms with Crippen LogP contribution in [0.4, 0.5) is 4.39 Å². The molecule has 0 aliphatic carbocycles. The number of halogens is 1. The summed E-state index contributed by atoms with van der Waals surface area (Å²) >= 11 is 0. The van der Waals surface area contributed by atoms with E-state index >= 15 is 0 Å². The molecule has 0 fully saturated rings. The van der Waals surface area contributed by atoms with Crippen LogP contribution in [-0.2, 0) is 0 Å². The normalized spacial score (nSPS) is 12.3. The van der Waals surface area contributed by atoms with Gasteiger partial charge in [0.1, 0.15) is 17.7 Å². The molecule has 2 nitrogen and oxygen atoms in total. The summed E-state index contributed by atoms with van der Waals surface area (Å²) in [4.78, 5) is 0. The highest BCUT2D eigenvalue weighted by Gasteiger charge is 2.13. The predicted molar refractivity (Wildman–Crippen MR) is 82.8 cm³/mol. The lowest BCUT2D eigenvalue weighted by molar-refractivity contribution is 0.216. The van der Waals surface area contributed by atoms with Crippen molar-refractivity contribution in [3.05, 3.63) is 78.1 Å². The van der Waals surface area contributed by atoms with Crippen molar-refractivity contribution >= 4 is 10.8 Å². The van der Waals surface area contributed by atoms with Gasteiger partial charge in [0.2, 0.25) is 0 Å². The van der Waals surface area contributed by atoms with Gasteiger partial charge in [0.15, 0.2) is 0 Å². The average molecular weight is 281 g/mol. The molecule has 106 valence electrons. The first-order valence-corrected chi connectivity index (χ1v) is 6.88. The molecule has 0 saturated carbocycles. The van der Waals surface area contributed by atoms with Gasteiger partial charge in [0, 0.05) is 11.9 Å². The van der Waals surface area contributed by atoms with E-state index in [2.05, 4.69) is 0 Å². The van der Waals surface area contributed by atoms with Gasteiger partial charge in [0.25, 0.3) is 0 Å². The summed E-state index contributed by atoms with van der Waals surface area (Å²) in [6.07, 6.45) is -0.369. The Morgan fingerprint density at radius 1 is 0.952 bits per heavy atom. The molecule has 1 unspecified atom stereocenters. The quantitative estimate of drug-likeness (QED) is 0.782. The molecular formula is C18H16FNO. The van der Waals surface area contributed by atoms with Crippen LogP contribution in [0.3, 0.4) is 0 Å². The van der Waals surface area contributed by atoms with Crippen molar-refractivity contribution < 1.29 is 9.13 Å². The summed E-state index contributed by atoms with van der Waals surface area (Å²) < 4.78 is 19.4. The van der Waals surface area contributed by atoms with Gasteiger partial charge in [-0.3, -0.25) is 0 Å². The van der Waals surface area contributed by atoms with Gasteiger partial charge in [-0.1, -0.05) is 48.5 Å². The molecule has 3 rings (SSSR count). The molecule has 0 heterocycles. The first kappa shape index (κ1) is 13.6. The summed E-state index contributed by atoms with van der Waals surface area (Å²) in [6, 6.07) is 20.2. The van der Waals surface area contributed by atoms with E-state index in [9.17, 15) is 4.39 Å². The first-order valence-electron chi connectivity index (χ1n) is 6.88. The maximum Gasteiger partial charge on any atom is 0.136 e. The van der Waals surface area contributed by atoms with Gasteiger partial charge in [-0.15, -0.1) is 0 Å². The fourth-order valence-electron chi connectivity index (χ4n) is 2.41. The van der Waals surface area contributed by atoms with E-state index in [1.54, 1.807) is 6.07 Å². The van der Waals surface area contributed by atoms with Crippen LogP contribution >= 0.6 is 0 Å². The molecule has 2 N–H and O–H groups in total. The third kappa shape index (κ3) is 2.88. The Hall–Kier alpha value is -2.39. The van der Waals surface area contributed by atoms with E-state index < -0.39 is 0 Å².